The molecule has 0 spiro atoms. The van der Waals surface area contributed by atoms with Gasteiger partial charge in [-0.3, -0.25) is 10.1 Å². The van der Waals surface area contributed by atoms with Crippen LogP contribution in [-0.2, 0) is 22.5 Å². The van der Waals surface area contributed by atoms with Crippen molar-refractivity contribution in [3.63, 3.8) is 0 Å². The topological polar surface area (TPSA) is 64.4 Å². The molecule has 0 amide bonds. The molecule has 1 N–H and O–H groups in total. The van der Waals surface area contributed by atoms with Crippen LogP contribution in [-0.4, -0.2) is 24.1 Å². The summed E-state index contributed by atoms with van der Waals surface area (Å²) < 4.78 is 9.95. The number of methoxy groups -OCH3 is 1. The average molecular weight is 212 g/mol. The van der Waals surface area contributed by atoms with Crippen LogP contribution in [0.1, 0.15) is 25.5 Å². The predicted octanol–water partition coefficient (Wildman–Crippen LogP) is 0.888. The molecule has 5 heteroatoms. The van der Waals surface area contributed by atoms with Gasteiger partial charge in [0.1, 0.15) is 11.8 Å². The van der Waals surface area contributed by atoms with E-state index < -0.39 is 0 Å². The van der Waals surface area contributed by atoms with Crippen molar-refractivity contribution < 1.29 is 13.9 Å². The minimum absolute atomic E-state index is 0.294. The monoisotopic (exact) mass is 212 g/mol. The van der Waals surface area contributed by atoms with Crippen molar-refractivity contribution >= 4 is 5.97 Å². The molecule has 0 aromatic carbocycles. The van der Waals surface area contributed by atoms with Gasteiger partial charge in [-0.25, -0.2) is 4.98 Å². The van der Waals surface area contributed by atoms with E-state index >= 15 is 0 Å². The number of esters is 1. The van der Waals surface area contributed by atoms with Gasteiger partial charge < -0.3 is 9.15 Å². The fraction of sp³-hybridized carbons (Fsp3) is 0.600. The lowest BCUT2D eigenvalue weighted by atomic mass is 10.3. The zero-order chi connectivity index (χ0) is 11.3. The summed E-state index contributed by atoms with van der Waals surface area (Å²) >= 11 is 0. The zero-order valence-electron chi connectivity index (χ0n) is 9.24. The molecule has 0 fully saturated rings. The first-order valence-electron chi connectivity index (χ1n) is 4.92. The van der Waals surface area contributed by atoms with Crippen molar-refractivity contribution in [2.24, 2.45) is 0 Å². The lowest BCUT2D eigenvalue weighted by Gasteiger charge is -2.08. The fourth-order valence-corrected chi connectivity index (χ4v) is 1.09. The largest absolute Gasteiger partial charge is 0.468 e. The molecule has 1 aromatic heterocycles. The predicted molar refractivity (Wildman–Crippen MR) is 54.2 cm³/mol. The number of hydrogen-bond acceptors (Lipinski definition) is 5. The van der Waals surface area contributed by atoms with Crippen LogP contribution < -0.4 is 5.32 Å². The molecule has 0 saturated heterocycles. The first-order valence-corrected chi connectivity index (χ1v) is 4.92. The first-order chi connectivity index (χ1) is 7.17. The number of nitrogens with one attached hydrogen (secondary N) is 1. The molecular formula is C10H16N2O3. The number of aryl methyl sites for hydroxylation is 1. The summed E-state index contributed by atoms with van der Waals surface area (Å²) in [6, 6.07) is -0.355. The Morgan fingerprint density at radius 1 is 1.73 bits per heavy atom. The third-order valence-electron chi connectivity index (χ3n) is 2.06. The summed E-state index contributed by atoms with van der Waals surface area (Å²) in [4.78, 5) is 15.1. The van der Waals surface area contributed by atoms with Gasteiger partial charge in [-0.1, -0.05) is 6.92 Å². The first kappa shape index (κ1) is 11.7. The van der Waals surface area contributed by atoms with Gasteiger partial charge in [-0.05, 0) is 6.92 Å². The number of oxazole rings is 1. The summed E-state index contributed by atoms with van der Waals surface area (Å²) in [7, 11) is 1.36. The maximum Gasteiger partial charge on any atom is 0.322 e. The Kier molecular flexibility index (Phi) is 4.30. The smallest absolute Gasteiger partial charge is 0.322 e. The van der Waals surface area contributed by atoms with E-state index in [1.165, 1.54) is 7.11 Å². The number of nitrogens with zero attached hydrogens (tertiary/aromatic N) is 1. The number of rotatable bonds is 5. The third kappa shape index (κ3) is 3.36. The number of hydrogen-bond donors (Lipinski definition) is 1. The van der Waals surface area contributed by atoms with Crippen molar-refractivity contribution in [1.82, 2.24) is 10.3 Å². The van der Waals surface area contributed by atoms with Gasteiger partial charge in [0.15, 0.2) is 0 Å². The molecular weight excluding hydrogens is 196 g/mol. The summed E-state index contributed by atoms with van der Waals surface area (Å²) in [6.45, 7) is 4.15. The number of aromatic nitrogens is 1. The van der Waals surface area contributed by atoms with E-state index in [2.05, 4.69) is 15.0 Å². The second-order valence-corrected chi connectivity index (χ2v) is 3.20. The van der Waals surface area contributed by atoms with Gasteiger partial charge in [0.25, 0.3) is 0 Å². The second kappa shape index (κ2) is 5.50. The molecule has 1 heterocycles. The number of ether oxygens (including phenoxy) is 1. The Bertz CT molecular complexity index is 322. The highest BCUT2D eigenvalue weighted by Gasteiger charge is 2.13. The van der Waals surface area contributed by atoms with E-state index in [0.29, 0.717) is 12.4 Å². The Balaban J connectivity index is 2.39. The lowest BCUT2D eigenvalue weighted by Crippen LogP contribution is -2.34. The maximum absolute atomic E-state index is 11.1. The molecule has 0 aliphatic heterocycles. The Hall–Kier alpha value is -1.36. The average Bonchev–Trinajstić information content (AvgIpc) is 2.72. The van der Waals surface area contributed by atoms with E-state index in [1.807, 2.05) is 6.92 Å². The summed E-state index contributed by atoms with van der Waals surface area (Å²) in [5.41, 5.74) is 0. The van der Waals surface area contributed by atoms with Crippen LogP contribution in [0.25, 0.3) is 0 Å². The minimum Gasteiger partial charge on any atom is -0.468 e. The van der Waals surface area contributed by atoms with Crippen LogP contribution in [0, 0.1) is 0 Å². The van der Waals surface area contributed by atoms with Crippen molar-refractivity contribution in [2.45, 2.75) is 32.9 Å². The number of carbonyl (C=O) groups excluding carboxylic acids is 1. The van der Waals surface area contributed by atoms with Crippen LogP contribution in [0.3, 0.4) is 0 Å². The van der Waals surface area contributed by atoms with Crippen molar-refractivity contribution in [3.8, 4) is 0 Å². The van der Waals surface area contributed by atoms with Gasteiger partial charge in [0, 0.05) is 6.42 Å². The fourth-order valence-electron chi connectivity index (χ4n) is 1.09. The van der Waals surface area contributed by atoms with E-state index in [-0.39, 0.29) is 12.0 Å². The molecule has 15 heavy (non-hydrogen) atoms. The summed E-state index contributed by atoms with van der Waals surface area (Å²) in [6.07, 6.45) is 2.51. The van der Waals surface area contributed by atoms with Gasteiger partial charge in [0.2, 0.25) is 5.89 Å². The molecule has 0 bridgehead atoms. The molecule has 5 nitrogen and oxygen atoms in total. The molecule has 1 unspecified atom stereocenters. The van der Waals surface area contributed by atoms with Crippen molar-refractivity contribution in [1.29, 1.82) is 0 Å². The highest BCUT2D eigenvalue weighted by Crippen LogP contribution is 2.03. The Morgan fingerprint density at radius 2 is 2.47 bits per heavy atom. The highest BCUT2D eigenvalue weighted by molar-refractivity contribution is 5.74. The van der Waals surface area contributed by atoms with Crippen LogP contribution in [0.4, 0.5) is 0 Å². The standard InChI is InChI=1S/C10H16N2O3/c1-4-8-5-12-9(15-8)6-11-7(2)10(13)14-3/h5,7,11H,4,6H2,1-3H3. The van der Waals surface area contributed by atoms with Gasteiger partial charge in [0.05, 0.1) is 19.9 Å². The molecule has 1 atom stereocenters. The summed E-state index contributed by atoms with van der Waals surface area (Å²) in [5, 5.41) is 2.96. The molecule has 1 aromatic rings. The van der Waals surface area contributed by atoms with Crippen LogP contribution in [0.2, 0.25) is 0 Å². The third-order valence-corrected chi connectivity index (χ3v) is 2.06. The van der Waals surface area contributed by atoms with Gasteiger partial charge in [-0.2, -0.15) is 0 Å². The van der Waals surface area contributed by atoms with E-state index in [1.54, 1.807) is 13.1 Å². The number of carbonyl (C=O) groups is 1. The summed E-state index contributed by atoms with van der Waals surface area (Å²) in [5.74, 6) is 1.14. The lowest BCUT2D eigenvalue weighted by molar-refractivity contribution is -0.142. The molecule has 1 rings (SSSR count). The van der Waals surface area contributed by atoms with E-state index in [0.717, 1.165) is 12.2 Å². The van der Waals surface area contributed by atoms with Gasteiger partial charge >= 0.3 is 5.97 Å². The van der Waals surface area contributed by atoms with Gasteiger partial charge in [-0.15, -0.1) is 0 Å². The van der Waals surface area contributed by atoms with E-state index in [9.17, 15) is 4.79 Å². The Labute approximate surface area is 88.8 Å². The Morgan fingerprint density at radius 3 is 3.00 bits per heavy atom. The van der Waals surface area contributed by atoms with E-state index in [4.69, 9.17) is 4.42 Å². The van der Waals surface area contributed by atoms with Crippen LogP contribution in [0.5, 0.6) is 0 Å². The van der Waals surface area contributed by atoms with Crippen molar-refractivity contribution in [2.75, 3.05) is 7.11 Å². The molecule has 0 aliphatic rings. The SMILES string of the molecule is CCc1cnc(CNC(C)C(=O)OC)o1. The second-order valence-electron chi connectivity index (χ2n) is 3.20. The molecule has 0 radical (unpaired) electrons. The quantitative estimate of drug-likeness (QED) is 0.734. The van der Waals surface area contributed by atoms with Crippen LogP contribution in [0.15, 0.2) is 10.6 Å². The zero-order valence-corrected chi connectivity index (χ0v) is 9.24. The molecule has 84 valence electrons. The maximum atomic E-state index is 11.1. The normalized spacial score (nSPS) is 12.5. The molecule has 0 aliphatic carbocycles. The minimum atomic E-state index is -0.355. The van der Waals surface area contributed by atoms with Crippen molar-refractivity contribution in [3.05, 3.63) is 17.8 Å². The highest BCUT2D eigenvalue weighted by atomic mass is 16.5. The molecule has 0 saturated carbocycles. The van der Waals surface area contributed by atoms with Crippen LogP contribution >= 0.6 is 0 Å².